The molecule has 8 heteroatoms. The van der Waals surface area contributed by atoms with Crippen LogP contribution in [0, 0.1) is 6.92 Å². The molecule has 3 rings (SSSR count). The molecule has 1 fully saturated rings. The van der Waals surface area contributed by atoms with Crippen molar-refractivity contribution in [3.8, 4) is 11.7 Å². The van der Waals surface area contributed by atoms with Crippen molar-refractivity contribution in [3.63, 3.8) is 0 Å². The van der Waals surface area contributed by atoms with Gasteiger partial charge in [-0.25, -0.2) is 4.68 Å². The largest absolute Gasteiger partial charge is 0.477 e. The van der Waals surface area contributed by atoms with Crippen LogP contribution in [0.4, 0.5) is 0 Å². The van der Waals surface area contributed by atoms with E-state index in [1.54, 1.807) is 23.0 Å². The molecule has 1 amide bonds. The van der Waals surface area contributed by atoms with E-state index in [4.69, 9.17) is 4.74 Å². The zero-order chi connectivity index (χ0) is 17.1. The van der Waals surface area contributed by atoms with Gasteiger partial charge in [-0.1, -0.05) is 0 Å². The Morgan fingerprint density at radius 1 is 1.42 bits per heavy atom. The van der Waals surface area contributed by atoms with Gasteiger partial charge in [-0.05, 0) is 26.8 Å². The second kappa shape index (κ2) is 6.96. The molecular weight excluding hydrogens is 308 g/mol. The first-order valence-corrected chi connectivity index (χ1v) is 8.15. The minimum atomic E-state index is 0.00615. The molecule has 1 N–H and O–H groups in total. The van der Waals surface area contributed by atoms with E-state index in [9.17, 15) is 4.79 Å². The molecule has 1 atom stereocenters. The van der Waals surface area contributed by atoms with E-state index in [1.807, 2.05) is 25.7 Å². The Morgan fingerprint density at radius 2 is 2.25 bits per heavy atom. The van der Waals surface area contributed by atoms with Crippen molar-refractivity contribution in [1.82, 2.24) is 30.2 Å². The van der Waals surface area contributed by atoms with Crippen molar-refractivity contribution in [2.75, 3.05) is 26.2 Å². The number of rotatable bonds is 4. The van der Waals surface area contributed by atoms with E-state index in [0.29, 0.717) is 30.4 Å². The Balaban J connectivity index is 1.84. The summed E-state index contributed by atoms with van der Waals surface area (Å²) in [6, 6.07) is 3.69. The normalized spacial score (nSPS) is 17.8. The summed E-state index contributed by atoms with van der Waals surface area (Å²) in [5.74, 6) is 1.03. The van der Waals surface area contributed by atoms with Gasteiger partial charge >= 0.3 is 0 Å². The fourth-order valence-electron chi connectivity index (χ4n) is 2.80. The summed E-state index contributed by atoms with van der Waals surface area (Å²) in [6.07, 6.45) is 1.60. The molecule has 0 unspecified atom stereocenters. The Hall–Kier alpha value is -2.48. The molecule has 0 radical (unpaired) electrons. The number of amides is 1. The molecule has 3 heterocycles. The molecular formula is C16H22N6O2. The van der Waals surface area contributed by atoms with Crippen LogP contribution in [0.15, 0.2) is 18.3 Å². The number of piperazine rings is 1. The summed E-state index contributed by atoms with van der Waals surface area (Å²) in [6.45, 7) is 8.66. The van der Waals surface area contributed by atoms with Crippen LogP contribution < -0.4 is 10.1 Å². The fraction of sp³-hybridized carbons (Fsp3) is 0.500. The van der Waals surface area contributed by atoms with Crippen molar-refractivity contribution in [2.45, 2.75) is 26.8 Å². The van der Waals surface area contributed by atoms with Crippen LogP contribution in [0.5, 0.6) is 5.88 Å². The lowest BCUT2D eigenvalue weighted by atomic mass is 10.1. The molecule has 0 spiro atoms. The molecule has 1 aliphatic heterocycles. The second-order valence-corrected chi connectivity index (χ2v) is 5.77. The fourth-order valence-corrected chi connectivity index (χ4v) is 2.80. The lowest BCUT2D eigenvalue weighted by Gasteiger charge is -2.33. The van der Waals surface area contributed by atoms with E-state index in [1.165, 1.54) is 0 Å². The van der Waals surface area contributed by atoms with E-state index in [0.717, 1.165) is 18.8 Å². The van der Waals surface area contributed by atoms with Crippen molar-refractivity contribution in [1.29, 1.82) is 0 Å². The molecule has 1 aliphatic rings. The van der Waals surface area contributed by atoms with Crippen molar-refractivity contribution in [3.05, 3.63) is 29.6 Å². The number of carbonyl (C=O) groups is 1. The molecule has 0 saturated carbocycles. The first-order chi connectivity index (χ1) is 11.6. The Labute approximate surface area is 140 Å². The highest BCUT2D eigenvalue weighted by Crippen LogP contribution is 2.17. The van der Waals surface area contributed by atoms with Crippen LogP contribution in [0.3, 0.4) is 0 Å². The van der Waals surface area contributed by atoms with Crippen LogP contribution in [-0.4, -0.2) is 63.1 Å². The Morgan fingerprint density at radius 3 is 2.92 bits per heavy atom. The highest BCUT2D eigenvalue weighted by atomic mass is 16.5. The van der Waals surface area contributed by atoms with Crippen LogP contribution in [0.2, 0.25) is 0 Å². The maximum Gasteiger partial charge on any atom is 0.257 e. The third kappa shape index (κ3) is 3.09. The van der Waals surface area contributed by atoms with Gasteiger partial charge in [0, 0.05) is 31.7 Å². The first-order valence-electron chi connectivity index (χ1n) is 8.15. The van der Waals surface area contributed by atoms with Gasteiger partial charge < -0.3 is 15.0 Å². The number of hydrogen-bond acceptors (Lipinski definition) is 6. The van der Waals surface area contributed by atoms with E-state index < -0.39 is 0 Å². The SMILES string of the molecule is CCOc1ccc(-n2ncc(C(=O)N3CCNC[C@@H]3C)c2C)nn1. The molecule has 2 aromatic heterocycles. The molecule has 24 heavy (non-hydrogen) atoms. The van der Waals surface area contributed by atoms with Crippen LogP contribution >= 0.6 is 0 Å². The Bertz CT molecular complexity index is 712. The highest BCUT2D eigenvalue weighted by Gasteiger charge is 2.27. The summed E-state index contributed by atoms with van der Waals surface area (Å²) >= 11 is 0. The Kier molecular flexibility index (Phi) is 4.75. The zero-order valence-electron chi connectivity index (χ0n) is 14.2. The second-order valence-electron chi connectivity index (χ2n) is 5.77. The molecule has 2 aromatic rings. The molecule has 0 bridgehead atoms. The summed E-state index contributed by atoms with van der Waals surface area (Å²) in [7, 11) is 0. The predicted octanol–water partition coefficient (Wildman–Crippen LogP) is 0.803. The predicted molar refractivity (Wildman–Crippen MR) is 88.4 cm³/mol. The van der Waals surface area contributed by atoms with E-state index >= 15 is 0 Å². The lowest BCUT2D eigenvalue weighted by Crippen LogP contribution is -2.52. The van der Waals surface area contributed by atoms with Gasteiger partial charge in [0.1, 0.15) is 0 Å². The number of carbonyl (C=O) groups excluding carboxylic acids is 1. The average molecular weight is 330 g/mol. The molecule has 0 aliphatic carbocycles. The van der Waals surface area contributed by atoms with Crippen LogP contribution in [0.25, 0.3) is 5.82 Å². The van der Waals surface area contributed by atoms with Crippen LogP contribution in [0.1, 0.15) is 29.9 Å². The molecule has 0 aromatic carbocycles. The van der Waals surface area contributed by atoms with E-state index in [2.05, 4.69) is 20.6 Å². The van der Waals surface area contributed by atoms with Crippen LogP contribution in [-0.2, 0) is 0 Å². The zero-order valence-corrected chi connectivity index (χ0v) is 14.2. The first kappa shape index (κ1) is 16.4. The monoisotopic (exact) mass is 330 g/mol. The molecule has 1 saturated heterocycles. The van der Waals surface area contributed by atoms with E-state index in [-0.39, 0.29) is 11.9 Å². The van der Waals surface area contributed by atoms with Gasteiger partial charge in [-0.15, -0.1) is 10.2 Å². The highest BCUT2D eigenvalue weighted by molar-refractivity contribution is 5.95. The minimum absolute atomic E-state index is 0.00615. The number of hydrogen-bond donors (Lipinski definition) is 1. The summed E-state index contributed by atoms with van der Waals surface area (Å²) in [5.41, 5.74) is 1.35. The number of ether oxygens (including phenoxy) is 1. The van der Waals surface area contributed by atoms with Gasteiger partial charge in [0.15, 0.2) is 5.82 Å². The lowest BCUT2D eigenvalue weighted by molar-refractivity contribution is 0.0655. The quantitative estimate of drug-likeness (QED) is 0.893. The summed E-state index contributed by atoms with van der Waals surface area (Å²) < 4.78 is 6.92. The van der Waals surface area contributed by atoms with Gasteiger partial charge in [0.05, 0.1) is 24.1 Å². The standard InChI is InChI=1S/C16H22N6O2/c1-4-24-15-6-5-14(19-20-15)22-12(3)13(10-18-22)16(23)21-8-7-17-9-11(21)2/h5-6,10-11,17H,4,7-9H2,1-3H3/t11-/m0/s1. The smallest absolute Gasteiger partial charge is 0.257 e. The van der Waals surface area contributed by atoms with Crippen molar-refractivity contribution in [2.24, 2.45) is 0 Å². The summed E-state index contributed by atoms with van der Waals surface area (Å²) in [5, 5.41) is 15.7. The minimum Gasteiger partial charge on any atom is -0.477 e. The third-order valence-corrected chi connectivity index (χ3v) is 4.14. The topological polar surface area (TPSA) is 85.2 Å². The molecule has 128 valence electrons. The van der Waals surface area contributed by atoms with Gasteiger partial charge in [0.25, 0.3) is 5.91 Å². The van der Waals surface area contributed by atoms with Gasteiger partial charge in [-0.2, -0.15) is 5.10 Å². The third-order valence-electron chi connectivity index (χ3n) is 4.14. The number of aromatic nitrogens is 4. The van der Waals surface area contributed by atoms with Crippen molar-refractivity contribution >= 4 is 5.91 Å². The van der Waals surface area contributed by atoms with Gasteiger partial charge in [0.2, 0.25) is 5.88 Å². The number of nitrogens with zero attached hydrogens (tertiary/aromatic N) is 5. The number of nitrogens with one attached hydrogen (secondary N) is 1. The van der Waals surface area contributed by atoms with Gasteiger partial charge in [-0.3, -0.25) is 4.79 Å². The summed E-state index contributed by atoms with van der Waals surface area (Å²) in [4.78, 5) is 14.7. The van der Waals surface area contributed by atoms with Crippen molar-refractivity contribution < 1.29 is 9.53 Å². The molecule has 8 nitrogen and oxygen atoms in total. The average Bonchev–Trinajstić information content (AvgIpc) is 2.97. The maximum absolute atomic E-state index is 12.8. The maximum atomic E-state index is 12.8.